The molecule has 1 aliphatic heterocycles. The van der Waals surface area contributed by atoms with E-state index >= 15 is 0 Å². The second-order valence-corrected chi connectivity index (χ2v) is 8.87. The molecule has 26 heavy (non-hydrogen) atoms. The van der Waals surface area contributed by atoms with E-state index in [0.717, 1.165) is 32.6 Å². The number of rotatable bonds is 6. The Morgan fingerprint density at radius 1 is 1.27 bits per heavy atom. The van der Waals surface area contributed by atoms with Crippen molar-refractivity contribution in [2.24, 2.45) is 0 Å². The van der Waals surface area contributed by atoms with Crippen molar-refractivity contribution in [2.75, 3.05) is 24.6 Å². The van der Waals surface area contributed by atoms with Crippen LogP contribution < -0.4 is 5.32 Å². The normalized spacial score (nSPS) is 14.5. The highest BCUT2D eigenvalue weighted by atomic mass is 32.2. The third-order valence-electron chi connectivity index (χ3n) is 3.95. The van der Waals surface area contributed by atoms with Gasteiger partial charge in [0.1, 0.15) is 15.7 Å². The molecule has 1 N–H and O–H groups in total. The second-order valence-electron chi connectivity index (χ2n) is 5.78. The van der Waals surface area contributed by atoms with Crippen molar-refractivity contribution < 1.29 is 14.4 Å². The average molecular weight is 411 g/mol. The number of thiophene rings is 1. The van der Waals surface area contributed by atoms with Crippen LogP contribution in [0.3, 0.4) is 0 Å². The van der Waals surface area contributed by atoms with Crippen LogP contribution in [0.4, 0.5) is 4.79 Å². The van der Waals surface area contributed by atoms with Crippen LogP contribution in [-0.4, -0.2) is 56.5 Å². The molecule has 10 heteroatoms. The van der Waals surface area contributed by atoms with Gasteiger partial charge >= 0.3 is 0 Å². The van der Waals surface area contributed by atoms with Gasteiger partial charge < -0.3 is 5.32 Å². The Balaban J connectivity index is 1.57. The van der Waals surface area contributed by atoms with Crippen molar-refractivity contribution in [1.29, 1.82) is 0 Å². The quantitative estimate of drug-likeness (QED) is 0.578. The summed E-state index contributed by atoms with van der Waals surface area (Å²) in [5.74, 6) is 0.730. The van der Waals surface area contributed by atoms with Gasteiger partial charge in [-0.3, -0.25) is 19.3 Å². The maximum atomic E-state index is 12.1. The molecule has 0 unspecified atom stereocenters. The molecule has 0 saturated carbocycles. The largest absolute Gasteiger partial charge is 0.354 e. The highest BCUT2D eigenvalue weighted by Crippen LogP contribution is 2.34. The summed E-state index contributed by atoms with van der Waals surface area (Å²) in [6.45, 7) is 6.40. The number of fused-ring (bicyclic) bond motifs is 1. The first-order valence-electron chi connectivity index (χ1n) is 7.97. The van der Waals surface area contributed by atoms with Gasteiger partial charge in [0.25, 0.3) is 5.24 Å². The smallest absolute Gasteiger partial charge is 0.288 e. The third-order valence-corrected chi connectivity index (χ3v) is 6.88. The molecule has 138 valence electrons. The predicted molar refractivity (Wildman–Crippen MR) is 105 cm³/mol. The minimum atomic E-state index is -0.249. The molecule has 1 fully saturated rings. The van der Waals surface area contributed by atoms with Crippen molar-refractivity contribution >= 4 is 62.1 Å². The molecule has 7 nitrogen and oxygen atoms in total. The fourth-order valence-electron chi connectivity index (χ4n) is 2.51. The zero-order valence-electron chi connectivity index (χ0n) is 14.6. The fraction of sp³-hybridized carbons (Fsp3) is 0.438. The molecule has 3 rings (SSSR count). The number of amides is 3. The van der Waals surface area contributed by atoms with Crippen molar-refractivity contribution in [2.45, 2.75) is 25.8 Å². The minimum Gasteiger partial charge on any atom is -0.354 e. The molecule has 3 amide bonds. The summed E-state index contributed by atoms with van der Waals surface area (Å²) in [5, 5.41) is 4.32. The molecule has 1 saturated heterocycles. The molecular weight excluding hydrogens is 392 g/mol. The summed E-state index contributed by atoms with van der Waals surface area (Å²) in [5.41, 5.74) is 1.15. The van der Waals surface area contributed by atoms with Crippen molar-refractivity contribution in [3.8, 4) is 0 Å². The van der Waals surface area contributed by atoms with Gasteiger partial charge in [0.15, 0.2) is 0 Å². The Hall–Kier alpha value is -1.65. The molecule has 0 aromatic carbocycles. The number of thioether (sulfide) groups is 2. The van der Waals surface area contributed by atoms with Crippen LogP contribution in [0.2, 0.25) is 0 Å². The lowest BCUT2D eigenvalue weighted by Crippen LogP contribution is -2.38. The van der Waals surface area contributed by atoms with Gasteiger partial charge in [-0.05, 0) is 26.3 Å². The SMILES string of the molecule is Cc1nc(SCC(=O)NCCN2C(=O)CSC2=O)c2c(C)c(C)sc2n1. The highest BCUT2D eigenvalue weighted by Gasteiger charge is 2.29. The van der Waals surface area contributed by atoms with E-state index in [4.69, 9.17) is 0 Å². The standard InChI is InChI=1S/C16H18N4O3S3/c1-8-9(2)26-15-13(8)14(18-10(3)19-15)24-6-11(21)17-4-5-20-12(22)7-25-16(20)23/h4-7H2,1-3H3,(H,17,21). The van der Waals surface area contributed by atoms with Gasteiger partial charge in [0.05, 0.1) is 11.5 Å². The zero-order chi connectivity index (χ0) is 18.8. The maximum Gasteiger partial charge on any atom is 0.288 e. The minimum absolute atomic E-state index is 0.157. The lowest BCUT2D eigenvalue weighted by atomic mass is 10.2. The molecule has 0 spiro atoms. The van der Waals surface area contributed by atoms with Gasteiger partial charge in [-0.15, -0.1) is 11.3 Å². The number of aryl methyl sites for hydroxylation is 3. The van der Waals surface area contributed by atoms with Crippen LogP contribution in [0.1, 0.15) is 16.3 Å². The number of nitrogens with zero attached hydrogens (tertiary/aromatic N) is 3. The summed E-state index contributed by atoms with van der Waals surface area (Å²) < 4.78 is 0. The Morgan fingerprint density at radius 3 is 2.73 bits per heavy atom. The van der Waals surface area contributed by atoms with Crippen LogP contribution in [0.15, 0.2) is 5.03 Å². The molecular formula is C16H18N4O3S3. The fourth-order valence-corrected chi connectivity index (χ4v) is 5.36. The number of hydrogen-bond acceptors (Lipinski definition) is 8. The first-order valence-corrected chi connectivity index (χ1v) is 10.8. The Morgan fingerprint density at radius 2 is 2.04 bits per heavy atom. The summed E-state index contributed by atoms with van der Waals surface area (Å²) in [4.78, 5) is 47.4. The lowest BCUT2D eigenvalue weighted by Gasteiger charge is -2.13. The molecule has 2 aromatic heterocycles. The monoisotopic (exact) mass is 410 g/mol. The Labute approximate surface area is 163 Å². The van der Waals surface area contributed by atoms with Crippen LogP contribution in [0.25, 0.3) is 10.2 Å². The molecule has 2 aromatic rings. The van der Waals surface area contributed by atoms with Crippen LogP contribution in [0, 0.1) is 20.8 Å². The van der Waals surface area contributed by atoms with E-state index in [-0.39, 0.29) is 41.6 Å². The number of carbonyl (C=O) groups excluding carboxylic acids is 3. The molecule has 0 aliphatic carbocycles. The van der Waals surface area contributed by atoms with Gasteiger partial charge in [-0.1, -0.05) is 23.5 Å². The molecule has 3 heterocycles. The molecule has 0 radical (unpaired) electrons. The van der Waals surface area contributed by atoms with Gasteiger partial charge in [0, 0.05) is 23.4 Å². The van der Waals surface area contributed by atoms with E-state index < -0.39 is 0 Å². The number of aromatic nitrogens is 2. The first-order chi connectivity index (χ1) is 12.4. The Kier molecular flexibility index (Phi) is 5.83. The molecule has 0 atom stereocenters. The number of nitrogens with one attached hydrogen (secondary N) is 1. The molecule has 1 aliphatic rings. The second kappa shape index (κ2) is 7.93. The van der Waals surface area contributed by atoms with Crippen molar-refractivity contribution in [3.63, 3.8) is 0 Å². The number of hydrogen-bond donors (Lipinski definition) is 1. The number of imide groups is 1. The van der Waals surface area contributed by atoms with Gasteiger partial charge in [-0.2, -0.15) is 0 Å². The number of carbonyl (C=O) groups is 3. The van der Waals surface area contributed by atoms with Crippen LogP contribution in [0.5, 0.6) is 0 Å². The highest BCUT2D eigenvalue weighted by molar-refractivity contribution is 8.14. The van der Waals surface area contributed by atoms with E-state index in [2.05, 4.69) is 22.2 Å². The van der Waals surface area contributed by atoms with E-state index in [1.165, 1.54) is 21.5 Å². The Bertz CT molecular complexity index is 880. The first kappa shape index (κ1) is 19.1. The van der Waals surface area contributed by atoms with Gasteiger partial charge in [-0.25, -0.2) is 9.97 Å². The summed E-state index contributed by atoms with van der Waals surface area (Å²) in [6.07, 6.45) is 0. The average Bonchev–Trinajstić information content (AvgIpc) is 3.05. The summed E-state index contributed by atoms with van der Waals surface area (Å²) in [7, 11) is 0. The van der Waals surface area contributed by atoms with Gasteiger partial charge in [0.2, 0.25) is 11.8 Å². The van der Waals surface area contributed by atoms with Crippen molar-refractivity contribution in [1.82, 2.24) is 20.2 Å². The lowest BCUT2D eigenvalue weighted by molar-refractivity contribution is -0.125. The van der Waals surface area contributed by atoms with E-state index in [9.17, 15) is 14.4 Å². The third kappa shape index (κ3) is 4.02. The zero-order valence-corrected chi connectivity index (χ0v) is 17.1. The maximum absolute atomic E-state index is 12.1. The summed E-state index contributed by atoms with van der Waals surface area (Å²) in [6, 6.07) is 0. The summed E-state index contributed by atoms with van der Waals surface area (Å²) >= 11 is 4.00. The van der Waals surface area contributed by atoms with Crippen molar-refractivity contribution in [3.05, 3.63) is 16.3 Å². The van der Waals surface area contributed by atoms with E-state index in [1.807, 2.05) is 13.8 Å². The van der Waals surface area contributed by atoms with E-state index in [0.29, 0.717) is 5.82 Å². The van der Waals surface area contributed by atoms with Crippen LogP contribution >= 0.6 is 34.9 Å². The van der Waals surface area contributed by atoms with Crippen LogP contribution in [-0.2, 0) is 9.59 Å². The predicted octanol–water partition coefficient (Wildman–Crippen LogP) is 2.52. The van der Waals surface area contributed by atoms with E-state index in [1.54, 1.807) is 11.3 Å². The molecule has 0 bridgehead atoms. The topological polar surface area (TPSA) is 92.3 Å².